The summed E-state index contributed by atoms with van der Waals surface area (Å²) in [5, 5.41) is 10.9. The monoisotopic (exact) mass is 441 g/mol. The zero-order valence-electron chi connectivity index (χ0n) is 15.7. The third kappa shape index (κ3) is 6.67. The first kappa shape index (κ1) is 22.5. The number of benzene rings is 2. The number of sulfonamides is 1. The maximum Gasteiger partial charge on any atom is 0.337 e. The number of rotatable bonds is 10. The molecule has 0 aliphatic heterocycles. The minimum Gasteiger partial charge on any atom is -0.493 e. The van der Waals surface area contributed by atoms with Gasteiger partial charge in [-0.2, -0.15) is 0 Å². The van der Waals surface area contributed by atoms with E-state index in [0.717, 1.165) is 5.41 Å². The van der Waals surface area contributed by atoms with Gasteiger partial charge in [0.1, 0.15) is 6.61 Å². The van der Waals surface area contributed by atoms with Crippen molar-refractivity contribution in [3.63, 3.8) is 0 Å². The second-order valence-corrected chi connectivity index (χ2v) is 7.70. The Hall–Kier alpha value is -2.75. The molecule has 0 aliphatic carbocycles. The number of halogens is 1. The van der Waals surface area contributed by atoms with Crippen molar-refractivity contribution in [1.82, 2.24) is 0 Å². The van der Waals surface area contributed by atoms with Crippen molar-refractivity contribution >= 4 is 39.4 Å². The molecule has 0 radical (unpaired) electrons. The largest absolute Gasteiger partial charge is 0.493 e. The summed E-state index contributed by atoms with van der Waals surface area (Å²) >= 11 is 5.80. The molecule has 0 spiro atoms. The molecule has 2 aromatic carbocycles. The van der Waals surface area contributed by atoms with E-state index in [9.17, 15) is 18.3 Å². The van der Waals surface area contributed by atoms with Gasteiger partial charge in [0.2, 0.25) is 0 Å². The van der Waals surface area contributed by atoms with Gasteiger partial charge in [-0.3, -0.25) is 4.72 Å². The summed E-state index contributed by atoms with van der Waals surface area (Å²) in [6, 6.07) is 8.98. The number of hydrogen-bond donors (Lipinski definition) is 2. The van der Waals surface area contributed by atoms with Crippen molar-refractivity contribution in [2.75, 3.05) is 32.2 Å². The van der Waals surface area contributed by atoms with Crippen LogP contribution in [0.4, 0.5) is 5.69 Å². The first-order valence-corrected chi connectivity index (χ1v) is 10.2. The number of hydrogen-bond acceptors (Lipinski definition) is 6. The van der Waals surface area contributed by atoms with E-state index in [-0.39, 0.29) is 36.0 Å². The lowest BCUT2D eigenvalue weighted by molar-refractivity contribution is 0.0697. The minimum absolute atomic E-state index is 0.151. The quantitative estimate of drug-likeness (QED) is 0.543. The highest BCUT2D eigenvalue weighted by molar-refractivity contribution is 7.95. The molecule has 0 heterocycles. The zero-order chi connectivity index (χ0) is 21.4. The van der Waals surface area contributed by atoms with Crippen molar-refractivity contribution in [3.8, 4) is 11.5 Å². The highest BCUT2D eigenvalue weighted by Crippen LogP contribution is 2.34. The van der Waals surface area contributed by atoms with Crippen LogP contribution in [0.5, 0.6) is 11.5 Å². The van der Waals surface area contributed by atoms with Gasteiger partial charge in [-0.05, 0) is 23.8 Å². The van der Waals surface area contributed by atoms with Crippen LogP contribution in [0.3, 0.4) is 0 Å². The van der Waals surface area contributed by atoms with Crippen LogP contribution in [-0.4, -0.2) is 46.9 Å². The first-order valence-electron chi connectivity index (χ1n) is 8.29. The van der Waals surface area contributed by atoms with E-state index in [2.05, 4.69) is 4.72 Å². The molecule has 0 saturated heterocycles. The third-order valence-electron chi connectivity index (χ3n) is 3.64. The van der Waals surface area contributed by atoms with Crippen molar-refractivity contribution in [3.05, 3.63) is 58.0 Å². The molecule has 0 atom stereocenters. The molecule has 2 rings (SSSR count). The predicted octanol–water partition coefficient (Wildman–Crippen LogP) is 3.48. The molecule has 0 unspecified atom stereocenters. The fourth-order valence-corrected chi connectivity index (χ4v) is 3.26. The summed E-state index contributed by atoms with van der Waals surface area (Å²) in [6.45, 7) is 0.455. The summed E-state index contributed by atoms with van der Waals surface area (Å²) in [4.78, 5) is 11.6. The van der Waals surface area contributed by atoms with E-state index in [1.807, 2.05) is 0 Å². The van der Waals surface area contributed by atoms with Crippen LogP contribution in [-0.2, 0) is 14.8 Å². The van der Waals surface area contributed by atoms with Crippen LogP contribution in [0.25, 0.3) is 6.08 Å². The van der Waals surface area contributed by atoms with Crippen LogP contribution in [0.15, 0.2) is 41.8 Å². The number of aromatic carboxylic acids is 1. The van der Waals surface area contributed by atoms with E-state index in [1.165, 1.54) is 32.4 Å². The summed E-state index contributed by atoms with van der Waals surface area (Å²) in [5.41, 5.74) is 0.160. The van der Waals surface area contributed by atoms with E-state index < -0.39 is 16.0 Å². The summed E-state index contributed by atoms with van der Waals surface area (Å²) in [7, 11) is -1.16. The molecule has 0 fully saturated rings. The molecule has 2 N–H and O–H groups in total. The Kier molecular flexibility index (Phi) is 7.89. The van der Waals surface area contributed by atoms with Crippen LogP contribution < -0.4 is 14.2 Å². The average molecular weight is 442 g/mol. The van der Waals surface area contributed by atoms with Gasteiger partial charge in [-0.15, -0.1) is 0 Å². The highest BCUT2D eigenvalue weighted by Gasteiger charge is 2.19. The van der Waals surface area contributed by atoms with Crippen molar-refractivity contribution in [1.29, 1.82) is 0 Å². The molecule has 8 nitrogen and oxygen atoms in total. The lowest BCUT2D eigenvalue weighted by Crippen LogP contribution is -2.14. The predicted molar refractivity (Wildman–Crippen MR) is 110 cm³/mol. The summed E-state index contributed by atoms with van der Waals surface area (Å²) < 4.78 is 42.6. The summed E-state index contributed by atoms with van der Waals surface area (Å²) in [6.07, 6.45) is 1.36. The van der Waals surface area contributed by atoms with Gasteiger partial charge >= 0.3 is 5.97 Å². The van der Waals surface area contributed by atoms with Gasteiger partial charge < -0.3 is 19.3 Å². The fourth-order valence-electron chi connectivity index (χ4n) is 2.26. The topological polar surface area (TPSA) is 111 Å². The molecule has 0 saturated carbocycles. The van der Waals surface area contributed by atoms with Crippen LogP contribution >= 0.6 is 11.6 Å². The average Bonchev–Trinajstić information content (AvgIpc) is 2.67. The summed E-state index contributed by atoms with van der Waals surface area (Å²) in [5.74, 6) is -1.00. The van der Waals surface area contributed by atoms with E-state index in [0.29, 0.717) is 10.6 Å². The van der Waals surface area contributed by atoms with Gasteiger partial charge in [0.25, 0.3) is 10.0 Å². The van der Waals surface area contributed by atoms with Crippen molar-refractivity contribution in [2.24, 2.45) is 0 Å². The van der Waals surface area contributed by atoms with Gasteiger partial charge in [0.15, 0.2) is 11.5 Å². The Labute approximate surface area is 173 Å². The van der Waals surface area contributed by atoms with Gasteiger partial charge in [-0.1, -0.05) is 23.7 Å². The molecule has 0 amide bonds. The molecular weight excluding hydrogens is 422 g/mol. The number of ether oxygens (including phenoxy) is 3. The number of methoxy groups -OCH3 is 2. The Bertz CT molecular complexity index is 988. The Morgan fingerprint density at radius 2 is 1.83 bits per heavy atom. The van der Waals surface area contributed by atoms with Crippen LogP contribution in [0.1, 0.15) is 15.9 Å². The number of carboxylic acids is 1. The smallest absolute Gasteiger partial charge is 0.337 e. The van der Waals surface area contributed by atoms with Crippen molar-refractivity contribution in [2.45, 2.75) is 0 Å². The molecule has 156 valence electrons. The number of carbonyl (C=O) groups is 1. The molecule has 10 heteroatoms. The molecule has 2 aromatic rings. The highest BCUT2D eigenvalue weighted by atomic mass is 35.5. The van der Waals surface area contributed by atoms with E-state index in [4.69, 9.17) is 25.8 Å². The van der Waals surface area contributed by atoms with Crippen molar-refractivity contribution < 1.29 is 32.5 Å². The Balaban J connectivity index is 2.33. The zero-order valence-corrected chi connectivity index (χ0v) is 17.3. The normalized spacial score (nSPS) is 11.4. The van der Waals surface area contributed by atoms with Crippen LogP contribution in [0, 0.1) is 0 Å². The molecule has 29 heavy (non-hydrogen) atoms. The first-order chi connectivity index (χ1) is 13.8. The fraction of sp³-hybridized carbons (Fsp3) is 0.211. The lowest BCUT2D eigenvalue weighted by Gasteiger charge is -2.15. The number of nitrogens with one attached hydrogen (secondary N) is 1. The Morgan fingerprint density at radius 3 is 2.41 bits per heavy atom. The third-order valence-corrected chi connectivity index (χ3v) is 4.89. The SMILES string of the molecule is COCCOc1cc(NS(=O)(=O)C=Cc2ccc(Cl)cc2)c(C(=O)O)cc1OC. The second-order valence-electron chi connectivity index (χ2n) is 5.70. The minimum atomic E-state index is -4.01. The standard InChI is InChI=1S/C19H20ClNO7S/c1-26-8-9-28-18-12-16(15(19(22)23)11-17(18)27-2)21-29(24,25)10-7-13-3-5-14(20)6-4-13/h3-7,10-12,21H,8-9H2,1-2H3,(H,22,23). The van der Waals surface area contributed by atoms with Gasteiger partial charge in [0.05, 0.1) is 30.4 Å². The maximum atomic E-state index is 12.4. The lowest BCUT2D eigenvalue weighted by atomic mass is 10.1. The van der Waals surface area contributed by atoms with E-state index >= 15 is 0 Å². The Morgan fingerprint density at radius 1 is 1.14 bits per heavy atom. The molecule has 0 aromatic heterocycles. The van der Waals surface area contributed by atoms with Gasteiger partial charge in [-0.25, -0.2) is 13.2 Å². The van der Waals surface area contributed by atoms with E-state index in [1.54, 1.807) is 24.3 Å². The molecular formula is C19H20ClNO7S. The number of anilines is 1. The van der Waals surface area contributed by atoms with Gasteiger partial charge in [0, 0.05) is 24.3 Å². The molecule has 0 aliphatic rings. The second kappa shape index (κ2) is 10.1. The number of carboxylic acid groups (broad SMARTS) is 1. The maximum absolute atomic E-state index is 12.4. The molecule has 0 bridgehead atoms. The van der Waals surface area contributed by atoms with Crippen LogP contribution in [0.2, 0.25) is 5.02 Å².